The van der Waals surface area contributed by atoms with Gasteiger partial charge in [-0.25, -0.2) is 0 Å². The van der Waals surface area contributed by atoms with Gasteiger partial charge in [-0.2, -0.15) is 0 Å². The first-order valence-electron chi connectivity index (χ1n) is 14.2. The molecule has 0 aliphatic rings. The van der Waals surface area contributed by atoms with Crippen molar-refractivity contribution in [3.8, 4) is 0 Å². The number of carbonyl (C=O) groups is 1. The van der Waals surface area contributed by atoms with Crippen LogP contribution in [0.25, 0.3) is 0 Å². The van der Waals surface area contributed by atoms with Crippen molar-refractivity contribution in [2.45, 2.75) is 148 Å². The summed E-state index contributed by atoms with van der Waals surface area (Å²) in [5.41, 5.74) is 0.476. The van der Waals surface area contributed by atoms with Crippen LogP contribution in [0.3, 0.4) is 0 Å². The predicted octanol–water partition coefficient (Wildman–Crippen LogP) is 9.07. The zero-order valence-corrected chi connectivity index (χ0v) is 22.8. The van der Waals surface area contributed by atoms with Gasteiger partial charge < -0.3 is 10.2 Å². The number of unbranched alkanes of at least 4 members (excludes halogenated alkanes) is 11. The average Bonchev–Trinajstić information content (AvgIpc) is 2.78. The second-order valence-corrected chi connectivity index (χ2v) is 11.5. The summed E-state index contributed by atoms with van der Waals surface area (Å²) in [4.78, 5) is 11.8. The standard InChI is InChI=1S/C31H54O3/c1-5-6-7-8-9-10-11-12-13-14-15-19-23-28(32)24-20-25-31(26-29(33)34,30(2,3)4)27-21-17-16-18-22-27/h16-18,21-22,28,32H,5-15,19-20,23-26H2,1-4H3,(H,33,34). The zero-order chi connectivity index (χ0) is 25.3. The van der Waals surface area contributed by atoms with E-state index in [1.54, 1.807) is 0 Å². The van der Waals surface area contributed by atoms with E-state index in [0.717, 1.165) is 37.7 Å². The molecule has 1 aromatic rings. The van der Waals surface area contributed by atoms with Crippen LogP contribution < -0.4 is 0 Å². The van der Waals surface area contributed by atoms with Gasteiger partial charge in [0.15, 0.2) is 0 Å². The molecule has 0 bridgehead atoms. The van der Waals surface area contributed by atoms with Crippen LogP contribution in [0.15, 0.2) is 30.3 Å². The van der Waals surface area contributed by atoms with E-state index < -0.39 is 11.4 Å². The zero-order valence-electron chi connectivity index (χ0n) is 22.8. The lowest BCUT2D eigenvalue weighted by molar-refractivity contribution is -0.140. The summed E-state index contributed by atoms with van der Waals surface area (Å²) in [6.45, 7) is 8.70. The Hall–Kier alpha value is -1.35. The van der Waals surface area contributed by atoms with Crippen LogP contribution in [0.5, 0.6) is 0 Å². The SMILES string of the molecule is CCCCCCCCCCCCCCC(O)CCCC(CC(=O)O)(c1ccccc1)C(C)(C)C. The lowest BCUT2D eigenvalue weighted by Gasteiger charge is -2.45. The van der Waals surface area contributed by atoms with Gasteiger partial charge in [0.2, 0.25) is 0 Å². The van der Waals surface area contributed by atoms with Crippen LogP contribution >= 0.6 is 0 Å². The van der Waals surface area contributed by atoms with Crippen molar-refractivity contribution < 1.29 is 15.0 Å². The molecule has 0 saturated heterocycles. The Kier molecular flexibility index (Phi) is 15.5. The van der Waals surface area contributed by atoms with Gasteiger partial charge in [-0.15, -0.1) is 0 Å². The van der Waals surface area contributed by atoms with E-state index in [4.69, 9.17) is 0 Å². The maximum Gasteiger partial charge on any atom is 0.304 e. The Morgan fingerprint density at radius 2 is 1.24 bits per heavy atom. The molecule has 0 fully saturated rings. The molecule has 0 aromatic heterocycles. The van der Waals surface area contributed by atoms with Crippen molar-refractivity contribution in [1.29, 1.82) is 0 Å². The quantitative estimate of drug-likeness (QED) is 0.185. The molecular formula is C31H54O3. The second kappa shape index (κ2) is 17.1. The molecule has 0 heterocycles. The molecule has 3 nitrogen and oxygen atoms in total. The van der Waals surface area contributed by atoms with Gasteiger partial charge in [-0.3, -0.25) is 4.79 Å². The Labute approximate surface area is 210 Å². The number of benzene rings is 1. The van der Waals surface area contributed by atoms with E-state index in [0.29, 0.717) is 0 Å². The maximum atomic E-state index is 11.8. The van der Waals surface area contributed by atoms with Crippen LogP contribution in [0.2, 0.25) is 0 Å². The van der Waals surface area contributed by atoms with E-state index in [1.807, 2.05) is 18.2 Å². The molecule has 2 N–H and O–H groups in total. The minimum absolute atomic E-state index is 0.120. The van der Waals surface area contributed by atoms with Crippen molar-refractivity contribution in [1.82, 2.24) is 0 Å². The molecule has 1 rings (SSSR count). The number of carboxylic acids is 1. The second-order valence-electron chi connectivity index (χ2n) is 11.5. The Bertz CT molecular complexity index is 634. The van der Waals surface area contributed by atoms with Crippen molar-refractivity contribution in [2.24, 2.45) is 5.41 Å². The highest BCUT2D eigenvalue weighted by Gasteiger charge is 2.44. The molecule has 0 radical (unpaired) electrons. The first-order valence-corrected chi connectivity index (χ1v) is 14.2. The normalized spacial score (nSPS) is 14.6. The highest BCUT2D eigenvalue weighted by molar-refractivity contribution is 5.69. The average molecular weight is 475 g/mol. The van der Waals surface area contributed by atoms with Crippen LogP contribution in [0.1, 0.15) is 142 Å². The Morgan fingerprint density at radius 3 is 1.71 bits per heavy atom. The summed E-state index contributed by atoms with van der Waals surface area (Å²) in [5.74, 6) is -0.754. The van der Waals surface area contributed by atoms with Gasteiger partial charge in [0.05, 0.1) is 12.5 Å². The number of rotatable bonds is 20. The van der Waals surface area contributed by atoms with Crippen molar-refractivity contribution in [2.75, 3.05) is 0 Å². The third kappa shape index (κ3) is 11.9. The van der Waals surface area contributed by atoms with Crippen LogP contribution in [-0.4, -0.2) is 22.3 Å². The number of carboxylic acid groups (broad SMARTS) is 1. The smallest absolute Gasteiger partial charge is 0.304 e. The third-order valence-electron chi connectivity index (χ3n) is 7.75. The molecular weight excluding hydrogens is 420 g/mol. The fraction of sp³-hybridized carbons (Fsp3) is 0.774. The lowest BCUT2D eigenvalue weighted by Crippen LogP contribution is -2.42. The minimum Gasteiger partial charge on any atom is -0.481 e. The molecule has 3 heteroatoms. The van der Waals surface area contributed by atoms with Gasteiger partial charge >= 0.3 is 5.97 Å². The molecule has 0 spiro atoms. The van der Waals surface area contributed by atoms with Crippen LogP contribution in [0, 0.1) is 5.41 Å². The van der Waals surface area contributed by atoms with Crippen molar-refractivity contribution in [3.05, 3.63) is 35.9 Å². The monoisotopic (exact) mass is 474 g/mol. The molecule has 1 aromatic carbocycles. The first kappa shape index (κ1) is 30.7. The van der Waals surface area contributed by atoms with E-state index in [1.165, 1.54) is 70.6 Å². The van der Waals surface area contributed by atoms with Gasteiger partial charge in [0.25, 0.3) is 0 Å². The van der Waals surface area contributed by atoms with Crippen molar-refractivity contribution >= 4 is 5.97 Å². The number of hydrogen-bond acceptors (Lipinski definition) is 2. The summed E-state index contributed by atoms with van der Waals surface area (Å²) in [5, 5.41) is 20.3. The first-order chi connectivity index (χ1) is 16.2. The fourth-order valence-electron chi connectivity index (χ4n) is 5.43. The molecule has 0 saturated carbocycles. The Balaban J connectivity index is 2.31. The fourth-order valence-corrected chi connectivity index (χ4v) is 5.43. The van der Waals surface area contributed by atoms with Gasteiger partial charge in [0, 0.05) is 5.41 Å². The molecule has 2 atom stereocenters. The predicted molar refractivity (Wildman–Crippen MR) is 145 cm³/mol. The van der Waals surface area contributed by atoms with E-state index in [2.05, 4.69) is 39.8 Å². The summed E-state index contributed by atoms with van der Waals surface area (Å²) >= 11 is 0. The molecule has 196 valence electrons. The number of aliphatic carboxylic acids is 1. The van der Waals surface area contributed by atoms with E-state index in [9.17, 15) is 15.0 Å². The molecule has 0 aliphatic carbocycles. The third-order valence-corrected chi connectivity index (χ3v) is 7.75. The summed E-state index contributed by atoms with van der Waals surface area (Å²) in [6.07, 6.45) is 19.0. The maximum absolute atomic E-state index is 11.8. The summed E-state index contributed by atoms with van der Waals surface area (Å²) < 4.78 is 0. The number of aliphatic hydroxyl groups is 1. The number of aliphatic hydroxyl groups excluding tert-OH is 1. The largest absolute Gasteiger partial charge is 0.481 e. The molecule has 0 aliphatic heterocycles. The van der Waals surface area contributed by atoms with E-state index in [-0.39, 0.29) is 17.9 Å². The summed E-state index contributed by atoms with van der Waals surface area (Å²) in [6, 6.07) is 10.1. The lowest BCUT2D eigenvalue weighted by atomic mass is 9.58. The topological polar surface area (TPSA) is 57.5 Å². The highest BCUT2D eigenvalue weighted by atomic mass is 16.4. The molecule has 0 amide bonds. The molecule has 2 unspecified atom stereocenters. The molecule has 34 heavy (non-hydrogen) atoms. The van der Waals surface area contributed by atoms with Gasteiger partial charge in [-0.1, -0.05) is 135 Å². The Morgan fingerprint density at radius 1 is 0.765 bits per heavy atom. The van der Waals surface area contributed by atoms with Gasteiger partial charge in [-0.05, 0) is 36.7 Å². The van der Waals surface area contributed by atoms with E-state index >= 15 is 0 Å². The summed E-state index contributed by atoms with van der Waals surface area (Å²) in [7, 11) is 0. The number of hydrogen-bond donors (Lipinski definition) is 2. The van der Waals surface area contributed by atoms with Crippen LogP contribution in [0.4, 0.5) is 0 Å². The van der Waals surface area contributed by atoms with Crippen LogP contribution in [-0.2, 0) is 10.2 Å². The highest BCUT2D eigenvalue weighted by Crippen LogP contribution is 2.48. The van der Waals surface area contributed by atoms with Crippen molar-refractivity contribution in [3.63, 3.8) is 0 Å². The minimum atomic E-state index is -0.754. The van der Waals surface area contributed by atoms with Gasteiger partial charge in [0.1, 0.15) is 0 Å².